The van der Waals surface area contributed by atoms with Crippen LogP contribution in [0.25, 0.3) is 0 Å². The summed E-state index contributed by atoms with van der Waals surface area (Å²) < 4.78 is 5.21. The number of amides is 1. The topological polar surface area (TPSA) is 46.6 Å². The molecule has 0 aromatic heterocycles. The maximum absolute atomic E-state index is 11.5. The van der Waals surface area contributed by atoms with Gasteiger partial charge in [0.1, 0.15) is 5.75 Å². The third kappa shape index (κ3) is 2.84. The van der Waals surface area contributed by atoms with E-state index in [1.807, 2.05) is 13.0 Å². The minimum Gasteiger partial charge on any atom is -0.496 e. The highest BCUT2D eigenvalue weighted by molar-refractivity contribution is 6.40. The minimum absolute atomic E-state index is 0.471. The quantitative estimate of drug-likeness (QED) is 0.748. The number of aryl methyl sites for hydroxylation is 1. The average Bonchev–Trinajstić information content (AvgIpc) is 2.35. The van der Waals surface area contributed by atoms with Crippen LogP contribution < -0.4 is 9.64 Å². The molecule has 4 heteroatoms. The Morgan fingerprint density at radius 1 is 1.35 bits per heavy atom. The van der Waals surface area contributed by atoms with E-state index in [0.29, 0.717) is 5.69 Å². The van der Waals surface area contributed by atoms with Crippen LogP contribution in [0.15, 0.2) is 18.2 Å². The number of methoxy groups -OCH3 is 1. The Bertz CT molecular complexity index is 440. The second-order valence-corrected chi connectivity index (χ2v) is 3.77. The predicted molar refractivity (Wildman–Crippen MR) is 66.5 cm³/mol. The third-order valence-corrected chi connectivity index (χ3v) is 2.64. The van der Waals surface area contributed by atoms with E-state index >= 15 is 0 Å². The number of anilines is 1. The molecule has 1 aromatic rings. The van der Waals surface area contributed by atoms with Crippen molar-refractivity contribution in [1.29, 1.82) is 0 Å². The van der Waals surface area contributed by atoms with Crippen molar-refractivity contribution in [2.24, 2.45) is 0 Å². The maximum atomic E-state index is 11.5. The molecular formula is C13H17NO3. The molecule has 0 heterocycles. The molecule has 0 saturated heterocycles. The largest absolute Gasteiger partial charge is 0.496 e. The number of ether oxygens (including phenoxy) is 1. The highest BCUT2D eigenvalue weighted by atomic mass is 16.5. The van der Waals surface area contributed by atoms with Crippen LogP contribution in [0, 0.1) is 0 Å². The number of rotatable bonds is 4. The molecule has 0 spiro atoms. The van der Waals surface area contributed by atoms with Gasteiger partial charge in [-0.05, 0) is 30.2 Å². The number of nitrogens with zero attached hydrogens (tertiary/aromatic N) is 1. The molecule has 0 aliphatic rings. The van der Waals surface area contributed by atoms with E-state index in [9.17, 15) is 9.59 Å². The van der Waals surface area contributed by atoms with Gasteiger partial charge in [-0.25, -0.2) is 0 Å². The fourth-order valence-electron chi connectivity index (χ4n) is 1.60. The summed E-state index contributed by atoms with van der Waals surface area (Å²) >= 11 is 0. The van der Waals surface area contributed by atoms with E-state index in [1.165, 1.54) is 11.8 Å². The zero-order valence-corrected chi connectivity index (χ0v) is 10.6. The van der Waals surface area contributed by atoms with Crippen LogP contribution in [0.2, 0.25) is 0 Å². The standard InChI is InChI=1S/C13H17NO3/c1-5-10-8-11(6-7-12(10)17-4)14(3)13(16)9(2)15/h6-8H,5H2,1-4H3. The number of likely N-dealkylation sites (N-methyl/N-ethyl adjacent to an activating group) is 1. The van der Waals surface area contributed by atoms with Crippen LogP contribution in [0.5, 0.6) is 5.75 Å². The minimum atomic E-state index is -0.516. The Morgan fingerprint density at radius 3 is 2.47 bits per heavy atom. The van der Waals surface area contributed by atoms with Crippen molar-refractivity contribution < 1.29 is 14.3 Å². The van der Waals surface area contributed by atoms with Crippen LogP contribution in [0.4, 0.5) is 5.69 Å². The van der Waals surface area contributed by atoms with Gasteiger partial charge in [0.05, 0.1) is 7.11 Å². The molecule has 0 bridgehead atoms. The van der Waals surface area contributed by atoms with Crippen molar-refractivity contribution in [3.63, 3.8) is 0 Å². The Hall–Kier alpha value is -1.84. The number of benzene rings is 1. The van der Waals surface area contributed by atoms with Crippen molar-refractivity contribution in [3.05, 3.63) is 23.8 Å². The van der Waals surface area contributed by atoms with Crippen LogP contribution >= 0.6 is 0 Å². The Balaban J connectivity index is 3.07. The lowest BCUT2D eigenvalue weighted by Crippen LogP contribution is -2.31. The number of ketones is 1. The summed E-state index contributed by atoms with van der Waals surface area (Å²) in [6, 6.07) is 5.43. The molecule has 1 amide bonds. The van der Waals surface area contributed by atoms with Gasteiger partial charge in [-0.3, -0.25) is 9.59 Å². The third-order valence-electron chi connectivity index (χ3n) is 2.64. The van der Waals surface area contributed by atoms with E-state index in [1.54, 1.807) is 26.3 Å². The zero-order valence-electron chi connectivity index (χ0n) is 10.6. The fourth-order valence-corrected chi connectivity index (χ4v) is 1.60. The molecule has 0 atom stereocenters. The lowest BCUT2D eigenvalue weighted by atomic mass is 10.1. The van der Waals surface area contributed by atoms with Gasteiger partial charge in [-0.1, -0.05) is 6.92 Å². The Morgan fingerprint density at radius 2 is 2.00 bits per heavy atom. The molecule has 0 aliphatic carbocycles. The van der Waals surface area contributed by atoms with Crippen molar-refractivity contribution in [2.75, 3.05) is 19.1 Å². The van der Waals surface area contributed by atoms with Gasteiger partial charge in [0.25, 0.3) is 5.91 Å². The molecule has 0 aliphatic heterocycles. The number of carbonyl (C=O) groups is 2. The van der Waals surface area contributed by atoms with Crippen LogP contribution in [0.1, 0.15) is 19.4 Å². The first-order chi connectivity index (χ1) is 8.01. The van der Waals surface area contributed by atoms with Gasteiger partial charge in [0.15, 0.2) is 0 Å². The summed E-state index contributed by atoms with van der Waals surface area (Å²) in [7, 11) is 3.20. The molecular weight excluding hydrogens is 218 g/mol. The molecule has 0 fully saturated rings. The first-order valence-corrected chi connectivity index (χ1v) is 5.46. The van der Waals surface area contributed by atoms with Crippen molar-refractivity contribution >= 4 is 17.4 Å². The first kappa shape index (κ1) is 13.2. The normalized spacial score (nSPS) is 9.88. The van der Waals surface area contributed by atoms with Gasteiger partial charge in [0, 0.05) is 19.7 Å². The Kier molecular flexibility index (Phi) is 4.26. The van der Waals surface area contributed by atoms with Gasteiger partial charge in [-0.15, -0.1) is 0 Å². The first-order valence-electron chi connectivity index (χ1n) is 5.46. The predicted octanol–water partition coefficient (Wildman–Crippen LogP) is 1.81. The van der Waals surface area contributed by atoms with Crippen molar-refractivity contribution in [2.45, 2.75) is 20.3 Å². The Labute approximate surface area is 101 Å². The van der Waals surface area contributed by atoms with Crippen LogP contribution in [0.3, 0.4) is 0 Å². The van der Waals surface area contributed by atoms with E-state index in [4.69, 9.17) is 4.74 Å². The summed E-state index contributed by atoms with van der Waals surface area (Å²) in [5, 5.41) is 0. The molecule has 0 radical (unpaired) electrons. The second-order valence-electron chi connectivity index (χ2n) is 3.77. The number of hydrogen-bond acceptors (Lipinski definition) is 3. The smallest absolute Gasteiger partial charge is 0.293 e. The van der Waals surface area contributed by atoms with Gasteiger partial charge in [0.2, 0.25) is 5.78 Å². The molecule has 1 aromatic carbocycles. The summed E-state index contributed by atoms with van der Waals surface area (Å²) in [6.45, 7) is 3.28. The van der Waals surface area contributed by atoms with Gasteiger partial charge in [-0.2, -0.15) is 0 Å². The maximum Gasteiger partial charge on any atom is 0.293 e. The highest BCUT2D eigenvalue weighted by Gasteiger charge is 2.16. The van der Waals surface area contributed by atoms with E-state index in [0.717, 1.165) is 17.7 Å². The summed E-state index contributed by atoms with van der Waals surface area (Å²) in [4.78, 5) is 23.9. The van der Waals surface area contributed by atoms with E-state index < -0.39 is 11.7 Å². The summed E-state index contributed by atoms with van der Waals surface area (Å²) in [6.07, 6.45) is 0.805. The molecule has 4 nitrogen and oxygen atoms in total. The second kappa shape index (κ2) is 5.48. The number of hydrogen-bond donors (Lipinski definition) is 0. The fraction of sp³-hybridized carbons (Fsp3) is 0.385. The van der Waals surface area contributed by atoms with Crippen LogP contribution in [-0.4, -0.2) is 25.8 Å². The summed E-state index contributed by atoms with van der Waals surface area (Å²) in [5.74, 6) is -0.196. The molecule has 92 valence electrons. The van der Waals surface area contributed by atoms with Gasteiger partial charge < -0.3 is 9.64 Å². The molecule has 17 heavy (non-hydrogen) atoms. The van der Waals surface area contributed by atoms with Gasteiger partial charge >= 0.3 is 0 Å². The molecule has 0 unspecified atom stereocenters. The average molecular weight is 235 g/mol. The molecule has 1 rings (SSSR count). The number of carbonyl (C=O) groups excluding carboxylic acids is 2. The lowest BCUT2D eigenvalue weighted by molar-refractivity contribution is -0.134. The van der Waals surface area contributed by atoms with E-state index in [2.05, 4.69) is 0 Å². The van der Waals surface area contributed by atoms with Crippen LogP contribution in [-0.2, 0) is 16.0 Å². The zero-order chi connectivity index (χ0) is 13.0. The SMILES string of the molecule is CCc1cc(N(C)C(=O)C(C)=O)ccc1OC. The van der Waals surface area contributed by atoms with E-state index in [-0.39, 0.29) is 0 Å². The van der Waals surface area contributed by atoms with Crippen molar-refractivity contribution in [1.82, 2.24) is 0 Å². The summed E-state index contributed by atoms with van der Waals surface area (Å²) in [5.41, 5.74) is 1.70. The number of Topliss-reactive ketones (excluding diaryl/α,β-unsaturated/α-hetero) is 1. The van der Waals surface area contributed by atoms with Crippen molar-refractivity contribution in [3.8, 4) is 5.75 Å². The highest BCUT2D eigenvalue weighted by Crippen LogP contribution is 2.24. The molecule has 0 N–H and O–H groups in total. The molecule has 0 saturated carbocycles. The lowest BCUT2D eigenvalue weighted by Gasteiger charge is -2.17. The monoisotopic (exact) mass is 235 g/mol.